The Kier molecular flexibility index (Phi) is 14.2. The van der Waals surface area contributed by atoms with Crippen LogP contribution in [0.2, 0.25) is 0 Å². The fourth-order valence-electron chi connectivity index (χ4n) is 7.80. The maximum absolute atomic E-state index is 12.9. The first-order valence-corrected chi connectivity index (χ1v) is 25.1. The first-order valence-electron chi connectivity index (χ1n) is 19.9. The number of fused-ring (bicyclic) bond motifs is 2. The molecule has 1 saturated heterocycles. The molecule has 3 aromatic rings. The molecular formula is C42H54N3O13S3+. The van der Waals surface area contributed by atoms with Gasteiger partial charge in [0.15, 0.2) is 9.84 Å². The summed E-state index contributed by atoms with van der Waals surface area (Å²) >= 11 is 0. The number of benzene rings is 2. The average Bonchev–Trinajstić information content (AvgIpc) is 3.58. The van der Waals surface area contributed by atoms with E-state index in [9.17, 15) is 48.7 Å². The van der Waals surface area contributed by atoms with E-state index in [0.29, 0.717) is 46.4 Å². The number of carbonyl (C=O) groups excluding carboxylic acids is 3. The van der Waals surface area contributed by atoms with Gasteiger partial charge in [-0.3, -0.25) is 18.7 Å². The second-order valence-corrected chi connectivity index (χ2v) is 21.8. The van der Waals surface area contributed by atoms with Crippen molar-refractivity contribution in [2.75, 3.05) is 47.2 Å². The largest absolute Gasteiger partial charge is 0.371 e. The molecule has 2 aliphatic heterocycles. The van der Waals surface area contributed by atoms with Crippen LogP contribution in [0.3, 0.4) is 0 Å². The van der Waals surface area contributed by atoms with E-state index < -0.39 is 59.0 Å². The zero-order valence-electron chi connectivity index (χ0n) is 35.2. The summed E-state index contributed by atoms with van der Waals surface area (Å²) in [5.74, 6) is -2.40. The summed E-state index contributed by atoms with van der Waals surface area (Å²) in [7, 11) is -12.1. The Morgan fingerprint density at radius 1 is 0.934 bits per heavy atom. The molecule has 0 aliphatic carbocycles. The summed E-state index contributed by atoms with van der Waals surface area (Å²) < 4.78 is 97.1. The third-order valence-corrected chi connectivity index (χ3v) is 13.6. The normalized spacial score (nSPS) is 18.2. The van der Waals surface area contributed by atoms with Gasteiger partial charge in [-0.1, -0.05) is 26.8 Å². The molecule has 0 bridgehead atoms. The molecule has 61 heavy (non-hydrogen) atoms. The van der Waals surface area contributed by atoms with Gasteiger partial charge in [0.2, 0.25) is 0 Å². The van der Waals surface area contributed by atoms with Crippen LogP contribution in [-0.4, -0.2) is 94.6 Å². The summed E-state index contributed by atoms with van der Waals surface area (Å²) in [5.41, 5.74) is 2.93. The molecule has 1 unspecified atom stereocenters. The van der Waals surface area contributed by atoms with Crippen LogP contribution in [0.25, 0.3) is 17.0 Å². The van der Waals surface area contributed by atoms with Gasteiger partial charge in [0.1, 0.15) is 0 Å². The van der Waals surface area contributed by atoms with Crippen LogP contribution in [0.5, 0.6) is 0 Å². The summed E-state index contributed by atoms with van der Waals surface area (Å²) in [6, 6.07) is 12.4. The van der Waals surface area contributed by atoms with Crippen LogP contribution in [0.1, 0.15) is 96.5 Å². The van der Waals surface area contributed by atoms with Crippen molar-refractivity contribution in [2.24, 2.45) is 0 Å². The zero-order chi connectivity index (χ0) is 45.1. The lowest BCUT2D eigenvalue weighted by molar-refractivity contribution is -0.197. The van der Waals surface area contributed by atoms with Crippen molar-refractivity contribution < 1.29 is 58.0 Å². The number of carbonyl (C=O) groups is 3. The topological polar surface area (TPSA) is 224 Å². The molecule has 2 aromatic carbocycles. The predicted octanol–water partition coefficient (Wildman–Crippen LogP) is 6.25. The van der Waals surface area contributed by atoms with Gasteiger partial charge in [-0.2, -0.15) is 16.8 Å². The van der Waals surface area contributed by atoms with Gasteiger partial charge >= 0.3 is 17.3 Å². The molecule has 16 nitrogen and oxygen atoms in total. The number of allylic oxidation sites excluding steroid dienone is 3. The van der Waals surface area contributed by atoms with E-state index in [1.807, 2.05) is 54.0 Å². The quantitative estimate of drug-likeness (QED) is 0.0818. The molecule has 332 valence electrons. The number of imide groups is 1. The summed E-state index contributed by atoms with van der Waals surface area (Å²) in [6.07, 6.45) is 6.85. The highest BCUT2D eigenvalue weighted by Gasteiger charge is 2.44. The number of amides is 2. The van der Waals surface area contributed by atoms with Gasteiger partial charge in [-0.05, 0) is 92.5 Å². The molecule has 1 fully saturated rings. The number of sulfone groups is 1. The smallest absolute Gasteiger partial charge is 0.363 e. The lowest BCUT2D eigenvalue weighted by Gasteiger charge is -2.30. The van der Waals surface area contributed by atoms with E-state index in [2.05, 4.69) is 20.8 Å². The van der Waals surface area contributed by atoms with Crippen LogP contribution in [0.15, 0.2) is 69.6 Å². The van der Waals surface area contributed by atoms with E-state index in [4.69, 9.17) is 9.25 Å². The zero-order valence-corrected chi connectivity index (χ0v) is 37.7. The van der Waals surface area contributed by atoms with Gasteiger partial charge in [0.25, 0.3) is 32.1 Å². The van der Waals surface area contributed by atoms with Crippen molar-refractivity contribution in [1.29, 1.82) is 0 Å². The van der Waals surface area contributed by atoms with Crippen LogP contribution in [0.4, 0.5) is 11.4 Å². The maximum Gasteiger partial charge on any atom is 0.363 e. The number of nitrogens with zero attached hydrogens (tertiary/aromatic N) is 3. The summed E-state index contributed by atoms with van der Waals surface area (Å²) in [5, 5.41) is 1.36. The van der Waals surface area contributed by atoms with Gasteiger partial charge in [-0.25, -0.2) is 17.6 Å². The molecule has 3 heterocycles. The second-order valence-electron chi connectivity index (χ2n) is 16.6. The minimum atomic E-state index is -4.31. The van der Waals surface area contributed by atoms with Gasteiger partial charge in [0.05, 0.1) is 27.9 Å². The van der Waals surface area contributed by atoms with E-state index in [-0.39, 0.29) is 67.6 Å². The highest BCUT2D eigenvalue weighted by atomic mass is 32.2. The highest BCUT2D eigenvalue weighted by molar-refractivity contribution is 7.90. The highest BCUT2D eigenvalue weighted by Crippen LogP contribution is 2.51. The molecule has 0 radical (unpaired) electrons. The molecule has 5 rings (SSSR count). The van der Waals surface area contributed by atoms with Crippen LogP contribution < -0.4 is 9.80 Å². The van der Waals surface area contributed by atoms with Gasteiger partial charge in [0, 0.05) is 79.8 Å². The summed E-state index contributed by atoms with van der Waals surface area (Å²) in [6.45, 7) is 11.1. The lowest BCUT2D eigenvalue weighted by Crippen LogP contribution is -2.32. The van der Waals surface area contributed by atoms with Crippen LogP contribution >= 0.6 is 0 Å². The summed E-state index contributed by atoms with van der Waals surface area (Å²) in [4.78, 5) is 46.0. The third-order valence-electron chi connectivity index (χ3n) is 10.8. The number of anilines is 2. The van der Waals surface area contributed by atoms with Gasteiger partial charge in [-0.15, -0.1) is 5.06 Å². The van der Waals surface area contributed by atoms with Gasteiger partial charge < -0.3 is 14.6 Å². The van der Waals surface area contributed by atoms with E-state index in [1.54, 1.807) is 24.3 Å². The van der Waals surface area contributed by atoms with Crippen molar-refractivity contribution in [3.8, 4) is 0 Å². The SMILES string of the molecule is CCN(CCCS(=O)(=O)O)c1ccc2c(C(C)(C)C)cc(/C=C/C=C3\N(CCCS(=O)(=O)O)c4ccc(S(C)(=O)=O)cc4C3(C)CCCC(=O)ON3C(=O)CCC3=O)[o+]c2c1. The minimum Gasteiger partial charge on any atom is -0.371 e. The monoisotopic (exact) mass is 904 g/mol. The fourth-order valence-corrected chi connectivity index (χ4v) is 9.43. The van der Waals surface area contributed by atoms with E-state index in [0.717, 1.165) is 22.9 Å². The number of rotatable bonds is 18. The standard InChI is InChI=1S/C42H53N3O13S3/c1-7-43(22-10-24-60(51,52)53)29-15-17-32-33(41(2,3)4)27-30(57-36(32)26-29)12-8-13-37-42(5,21-9-14-40(48)58-45-38(46)19-20-39(45)47)34-28-31(59(6,49)50)16-18-35(34)44(37)23-11-25-61(54,55)56/h8,12-13,15-18,26-28H,7,9-11,14,19-25H2,1-6H3,(H-,51,52,53,54,55,56)/p+1/b12-8+,37-13-. The molecule has 19 heteroatoms. The number of hydroxylamine groups is 2. The maximum atomic E-state index is 12.9. The molecule has 0 saturated carbocycles. The number of hydrogen-bond acceptors (Lipinski definition) is 12. The molecule has 2 amide bonds. The Morgan fingerprint density at radius 3 is 2.20 bits per heavy atom. The predicted molar refractivity (Wildman–Crippen MR) is 232 cm³/mol. The van der Waals surface area contributed by atoms with Crippen molar-refractivity contribution >= 4 is 76.3 Å². The third kappa shape index (κ3) is 11.8. The van der Waals surface area contributed by atoms with Crippen molar-refractivity contribution in [3.05, 3.63) is 77.2 Å². The average molecular weight is 905 g/mol. The molecule has 2 aliphatic rings. The Labute approximate surface area is 357 Å². The number of hydrogen-bond donors (Lipinski definition) is 2. The van der Waals surface area contributed by atoms with Crippen molar-refractivity contribution in [2.45, 2.75) is 95.3 Å². The molecule has 1 aromatic heterocycles. The second kappa shape index (κ2) is 18.3. The Hall–Kier alpha value is -4.69. The molecular weight excluding hydrogens is 851 g/mol. The molecule has 0 spiro atoms. The Balaban J connectivity index is 1.56. The Bertz CT molecular complexity index is 2580. The van der Waals surface area contributed by atoms with Crippen molar-refractivity contribution in [1.82, 2.24) is 5.06 Å². The molecule has 1 atom stereocenters. The first-order chi connectivity index (χ1) is 28.3. The Morgan fingerprint density at radius 2 is 1.59 bits per heavy atom. The van der Waals surface area contributed by atoms with E-state index in [1.165, 1.54) is 6.07 Å². The fraction of sp³-hybridized carbons (Fsp3) is 0.476. The lowest BCUT2D eigenvalue weighted by atomic mass is 9.77. The minimum absolute atomic E-state index is 0.0231. The van der Waals surface area contributed by atoms with Crippen LogP contribution in [-0.2, 0) is 60.1 Å². The van der Waals surface area contributed by atoms with Crippen molar-refractivity contribution in [3.63, 3.8) is 0 Å². The first kappa shape index (κ1) is 47.4. The van der Waals surface area contributed by atoms with E-state index >= 15 is 0 Å². The van der Waals surface area contributed by atoms with Crippen LogP contribution in [0, 0.1) is 0 Å². The molecule has 2 N–H and O–H groups in total.